The zero-order valence-corrected chi connectivity index (χ0v) is 16.0. The molecule has 0 aliphatic carbocycles. The Morgan fingerprint density at radius 1 is 1.11 bits per heavy atom. The molecule has 7 heteroatoms. The average Bonchev–Trinajstić information content (AvgIpc) is 2.66. The van der Waals surface area contributed by atoms with Gasteiger partial charge in [-0.05, 0) is 42.7 Å². The zero-order chi connectivity index (χ0) is 20.7. The van der Waals surface area contributed by atoms with Crippen LogP contribution in [0.3, 0.4) is 0 Å². The Morgan fingerprint density at radius 3 is 2.50 bits per heavy atom. The zero-order valence-electron chi connectivity index (χ0n) is 16.0. The van der Waals surface area contributed by atoms with Gasteiger partial charge in [-0.15, -0.1) is 0 Å². The summed E-state index contributed by atoms with van der Waals surface area (Å²) in [6.07, 6.45) is 0. The Bertz CT molecular complexity index is 880. The molecule has 2 N–H and O–H groups in total. The first-order chi connectivity index (χ1) is 13.3. The molecule has 6 nitrogen and oxygen atoms in total. The highest BCUT2D eigenvalue weighted by Gasteiger charge is 2.15. The highest BCUT2D eigenvalue weighted by atomic mass is 19.1. The summed E-state index contributed by atoms with van der Waals surface area (Å²) in [5.74, 6) is -1.96. The quantitative estimate of drug-likeness (QED) is 0.715. The number of para-hydroxylation sites is 1. The summed E-state index contributed by atoms with van der Waals surface area (Å²) in [6.45, 7) is 5.47. The first-order valence-corrected chi connectivity index (χ1v) is 8.88. The molecule has 0 spiro atoms. The van der Waals surface area contributed by atoms with Gasteiger partial charge in [0.25, 0.3) is 11.8 Å². The Balaban J connectivity index is 1.96. The number of aryl methyl sites for hydroxylation is 1. The molecule has 2 aromatic rings. The van der Waals surface area contributed by atoms with Gasteiger partial charge in [-0.3, -0.25) is 9.59 Å². The lowest BCUT2D eigenvalue weighted by molar-refractivity contribution is -0.119. The fourth-order valence-electron chi connectivity index (χ4n) is 2.30. The van der Waals surface area contributed by atoms with Crippen LogP contribution < -0.4 is 10.6 Å². The van der Waals surface area contributed by atoms with Crippen LogP contribution in [0.25, 0.3) is 0 Å². The molecular formula is C21H23FN2O4. The number of hydrogen-bond acceptors (Lipinski definition) is 4. The number of esters is 1. The van der Waals surface area contributed by atoms with E-state index in [1.165, 1.54) is 12.1 Å². The van der Waals surface area contributed by atoms with E-state index < -0.39 is 24.3 Å². The maximum atomic E-state index is 13.5. The van der Waals surface area contributed by atoms with Gasteiger partial charge < -0.3 is 15.4 Å². The third-order valence-electron chi connectivity index (χ3n) is 3.86. The number of carbonyl (C=O) groups is 3. The molecule has 0 fully saturated rings. The van der Waals surface area contributed by atoms with Gasteiger partial charge >= 0.3 is 5.97 Å². The van der Waals surface area contributed by atoms with E-state index in [1.54, 1.807) is 31.2 Å². The minimum absolute atomic E-state index is 0.0179. The molecule has 0 aromatic heterocycles. The third-order valence-corrected chi connectivity index (χ3v) is 3.86. The van der Waals surface area contributed by atoms with Gasteiger partial charge in [0.05, 0.1) is 16.8 Å². The fourth-order valence-corrected chi connectivity index (χ4v) is 2.30. The first kappa shape index (κ1) is 21.1. The van der Waals surface area contributed by atoms with Gasteiger partial charge in [-0.25, -0.2) is 9.18 Å². The maximum Gasteiger partial charge on any atom is 0.338 e. The summed E-state index contributed by atoms with van der Waals surface area (Å²) >= 11 is 0. The molecule has 2 amide bonds. The van der Waals surface area contributed by atoms with E-state index in [-0.39, 0.29) is 17.4 Å². The highest BCUT2D eigenvalue weighted by molar-refractivity contribution is 6.04. The number of anilines is 1. The molecule has 2 aromatic carbocycles. The molecule has 0 atom stereocenters. The van der Waals surface area contributed by atoms with Crippen LogP contribution in [0.5, 0.6) is 0 Å². The molecule has 0 saturated heterocycles. The van der Waals surface area contributed by atoms with Crippen molar-refractivity contribution in [1.29, 1.82) is 0 Å². The van der Waals surface area contributed by atoms with Crippen LogP contribution in [0.1, 0.15) is 40.1 Å². The summed E-state index contributed by atoms with van der Waals surface area (Å²) in [5, 5.41) is 5.34. The molecule has 0 radical (unpaired) electrons. The lowest BCUT2D eigenvalue weighted by Gasteiger charge is -2.12. The minimum Gasteiger partial charge on any atom is -0.452 e. The van der Waals surface area contributed by atoms with E-state index in [9.17, 15) is 18.8 Å². The standard InChI is InChI=1S/C21H23FN2O4/c1-13(2)11-23-20(26)16-6-4-5-7-18(16)24-19(25)12-28-21(27)15-9-8-14(3)17(22)10-15/h4-10,13H,11-12H2,1-3H3,(H,23,26)(H,24,25). The van der Waals surface area contributed by atoms with Crippen LogP contribution in [0.15, 0.2) is 42.5 Å². The largest absolute Gasteiger partial charge is 0.452 e. The topological polar surface area (TPSA) is 84.5 Å². The van der Waals surface area contributed by atoms with Gasteiger partial charge in [-0.1, -0.05) is 32.0 Å². The van der Waals surface area contributed by atoms with E-state index >= 15 is 0 Å². The van der Waals surface area contributed by atoms with Crippen LogP contribution in [-0.4, -0.2) is 30.9 Å². The van der Waals surface area contributed by atoms with Crippen molar-refractivity contribution in [2.75, 3.05) is 18.5 Å². The SMILES string of the molecule is Cc1ccc(C(=O)OCC(=O)Nc2ccccc2C(=O)NCC(C)C)cc1F. The van der Waals surface area contributed by atoms with Crippen molar-refractivity contribution in [2.24, 2.45) is 5.92 Å². The third kappa shape index (κ3) is 5.90. The summed E-state index contributed by atoms with van der Waals surface area (Å²) in [6, 6.07) is 10.5. The summed E-state index contributed by atoms with van der Waals surface area (Å²) in [7, 11) is 0. The van der Waals surface area contributed by atoms with E-state index in [4.69, 9.17) is 4.74 Å². The normalized spacial score (nSPS) is 10.5. The van der Waals surface area contributed by atoms with Gasteiger partial charge in [0.15, 0.2) is 6.61 Å². The lowest BCUT2D eigenvalue weighted by Crippen LogP contribution is -2.29. The molecule has 148 valence electrons. The minimum atomic E-state index is -0.808. The lowest BCUT2D eigenvalue weighted by atomic mass is 10.1. The van der Waals surface area contributed by atoms with Crippen LogP contribution in [0.2, 0.25) is 0 Å². The fraction of sp³-hybridized carbons (Fsp3) is 0.286. The second-order valence-electron chi connectivity index (χ2n) is 6.74. The van der Waals surface area contributed by atoms with Crippen LogP contribution in [0.4, 0.5) is 10.1 Å². The molecule has 2 rings (SSSR count). The van der Waals surface area contributed by atoms with E-state index in [2.05, 4.69) is 10.6 Å². The number of ether oxygens (including phenoxy) is 1. The number of hydrogen-bond donors (Lipinski definition) is 2. The number of carbonyl (C=O) groups excluding carboxylic acids is 3. The van der Waals surface area contributed by atoms with Crippen LogP contribution in [0, 0.1) is 18.7 Å². The van der Waals surface area contributed by atoms with E-state index in [0.29, 0.717) is 23.4 Å². The van der Waals surface area contributed by atoms with Crippen molar-refractivity contribution in [2.45, 2.75) is 20.8 Å². The Labute approximate surface area is 163 Å². The van der Waals surface area contributed by atoms with E-state index in [0.717, 1.165) is 6.07 Å². The molecule has 0 aliphatic rings. The van der Waals surface area contributed by atoms with Crippen molar-refractivity contribution in [3.05, 3.63) is 65.0 Å². The van der Waals surface area contributed by atoms with Gasteiger partial charge in [0, 0.05) is 6.54 Å². The number of halogens is 1. The van der Waals surface area contributed by atoms with Crippen molar-refractivity contribution < 1.29 is 23.5 Å². The summed E-state index contributed by atoms with van der Waals surface area (Å²) in [4.78, 5) is 36.4. The van der Waals surface area contributed by atoms with Gasteiger partial charge in [0.2, 0.25) is 0 Å². The van der Waals surface area contributed by atoms with Crippen molar-refractivity contribution in [3.63, 3.8) is 0 Å². The molecule has 28 heavy (non-hydrogen) atoms. The summed E-state index contributed by atoms with van der Waals surface area (Å²) < 4.78 is 18.5. The Kier molecular flexibility index (Phi) is 7.26. The molecule has 0 unspecified atom stereocenters. The number of benzene rings is 2. The number of nitrogens with one attached hydrogen (secondary N) is 2. The van der Waals surface area contributed by atoms with Crippen LogP contribution >= 0.6 is 0 Å². The Morgan fingerprint density at radius 2 is 1.82 bits per heavy atom. The monoisotopic (exact) mass is 386 g/mol. The maximum absolute atomic E-state index is 13.5. The average molecular weight is 386 g/mol. The van der Waals surface area contributed by atoms with Crippen molar-refractivity contribution >= 4 is 23.5 Å². The second-order valence-corrected chi connectivity index (χ2v) is 6.74. The van der Waals surface area contributed by atoms with Crippen molar-refractivity contribution in [3.8, 4) is 0 Å². The molecular weight excluding hydrogens is 363 g/mol. The predicted molar refractivity (Wildman–Crippen MR) is 104 cm³/mol. The number of amides is 2. The van der Waals surface area contributed by atoms with Crippen molar-refractivity contribution in [1.82, 2.24) is 5.32 Å². The molecule has 0 bridgehead atoms. The van der Waals surface area contributed by atoms with E-state index in [1.807, 2.05) is 13.8 Å². The smallest absolute Gasteiger partial charge is 0.338 e. The first-order valence-electron chi connectivity index (χ1n) is 8.88. The predicted octanol–water partition coefficient (Wildman–Crippen LogP) is 3.32. The molecule has 0 aliphatic heterocycles. The Hall–Kier alpha value is -3.22. The van der Waals surface area contributed by atoms with Gasteiger partial charge in [0.1, 0.15) is 5.82 Å². The highest BCUT2D eigenvalue weighted by Crippen LogP contribution is 2.15. The second kappa shape index (κ2) is 9.64. The molecule has 0 heterocycles. The summed E-state index contributed by atoms with van der Waals surface area (Å²) in [5.41, 5.74) is 1.04. The molecule has 0 saturated carbocycles. The van der Waals surface area contributed by atoms with Gasteiger partial charge in [-0.2, -0.15) is 0 Å². The van der Waals surface area contributed by atoms with Crippen LogP contribution in [-0.2, 0) is 9.53 Å². The number of rotatable bonds is 7.